The van der Waals surface area contributed by atoms with Crippen LogP contribution in [0.2, 0.25) is 0 Å². The Morgan fingerprint density at radius 1 is 1.39 bits per heavy atom. The molecule has 0 aliphatic rings. The van der Waals surface area contributed by atoms with Crippen molar-refractivity contribution in [1.29, 1.82) is 0 Å². The van der Waals surface area contributed by atoms with Crippen molar-refractivity contribution in [3.05, 3.63) is 27.9 Å². The van der Waals surface area contributed by atoms with Gasteiger partial charge in [0.25, 0.3) is 5.56 Å². The summed E-state index contributed by atoms with van der Waals surface area (Å²) in [5.74, 6) is 3.28. The van der Waals surface area contributed by atoms with Gasteiger partial charge in [0.05, 0.1) is 5.75 Å². The quantitative estimate of drug-likeness (QED) is 0.796. The van der Waals surface area contributed by atoms with Gasteiger partial charge < -0.3 is 10.3 Å². The van der Waals surface area contributed by atoms with E-state index in [0.29, 0.717) is 24.1 Å². The van der Waals surface area contributed by atoms with Gasteiger partial charge in [0.1, 0.15) is 5.82 Å². The molecule has 0 unspecified atom stereocenters. The third-order valence-corrected chi connectivity index (χ3v) is 3.70. The molecule has 0 aliphatic carbocycles. The maximum Gasteiger partial charge on any atom is 0.255 e. The minimum Gasteiger partial charge on any atom is -0.310 e. The monoisotopic (exact) mass is 269 g/mol. The average molecular weight is 269 g/mol. The van der Waals surface area contributed by atoms with Crippen LogP contribution in [0.3, 0.4) is 0 Å². The predicted octanol–water partition coefficient (Wildman–Crippen LogP) is 2.16. The van der Waals surface area contributed by atoms with E-state index >= 15 is 0 Å². The van der Waals surface area contributed by atoms with Crippen molar-refractivity contribution < 1.29 is 0 Å². The summed E-state index contributed by atoms with van der Waals surface area (Å²) in [6, 6.07) is 0.366. The fourth-order valence-electron chi connectivity index (χ4n) is 1.36. The van der Waals surface area contributed by atoms with Crippen LogP contribution in [0.4, 0.5) is 0 Å². The van der Waals surface area contributed by atoms with Crippen molar-refractivity contribution >= 4 is 11.8 Å². The summed E-state index contributed by atoms with van der Waals surface area (Å²) in [7, 11) is 0. The summed E-state index contributed by atoms with van der Waals surface area (Å²) < 4.78 is 0. The highest BCUT2D eigenvalue weighted by molar-refractivity contribution is 7.98. The molecular weight excluding hydrogens is 246 g/mol. The molecule has 0 aromatic carbocycles. The molecule has 1 aromatic heterocycles. The van der Waals surface area contributed by atoms with E-state index in [9.17, 15) is 4.79 Å². The van der Waals surface area contributed by atoms with E-state index in [-0.39, 0.29) is 5.56 Å². The second-order valence-corrected chi connectivity index (χ2v) is 6.16. The van der Waals surface area contributed by atoms with Crippen molar-refractivity contribution in [3.63, 3.8) is 0 Å². The summed E-state index contributed by atoms with van der Waals surface area (Å²) in [4.78, 5) is 18.9. The second-order valence-electron chi connectivity index (χ2n) is 5.13. The molecule has 2 N–H and O–H groups in total. The van der Waals surface area contributed by atoms with E-state index in [0.717, 1.165) is 17.3 Å². The Morgan fingerprint density at radius 2 is 2.11 bits per heavy atom. The molecule has 102 valence electrons. The molecule has 0 aliphatic heterocycles. The van der Waals surface area contributed by atoms with Crippen LogP contribution in [0.1, 0.15) is 39.1 Å². The van der Waals surface area contributed by atoms with Gasteiger partial charge in [-0.25, -0.2) is 4.98 Å². The first kappa shape index (κ1) is 15.2. The van der Waals surface area contributed by atoms with Gasteiger partial charge in [-0.05, 0) is 11.7 Å². The van der Waals surface area contributed by atoms with Crippen molar-refractivity contribution in [3.8, 4) is 0 Å². The van der Waals surface area contributed by atoms with Crippen LogP contribution >= 0.6 is 11.8 Å². The Kier molecular flexibility index (Phi) is 6.43. The zero-order valence-electron chi connectivity index (χ0n) is 11.6. The van der Waals surface area contributed by atoms with Crippen LogP contribution in [0.15, 0.2) is 11.0 Å². The van der Waals surface area contributed by atoms with Crippen molar-refractivity contribution in [2.45, 2.75) is 46.0 Å². The minimum absolute atomic E-state index is 0.0294. The van der Waals surface area contributed by atoms with Gasteiger partial charge in [-0.1, -0.05) is 27.7 Å². The highest BCUT2D eigenvalue weighted by atomic mass is 32.2. The zero-order chi connectivity index (χ0) is 13.5. The number of thioether (sulfide) groups is 1. The van der Waals surface area contributed by atoms with E-state index in [4.69, 9.17) is 0 Å². The van der Waals surface area contributed by atoms with Crippen molar-refractivity contribution in [1.82, 2.24) is 15.3 Å². The van der Waals surface area contributed by atoms with Gasteiger partial charge in [-0.2, -0.15) is 11.8 Å². The Morgan fingerprint density at radius 3 is 2.67 bits per heavy atom. The molecule has 0 atom stereocenters. The van der Waals surface area contributed by atoms with Crippen LogP contribution in [0, 0.1) is 5.92 Å². The smallest absolute Gasteiger partial charge is 0.255 e. The molecule has 0 fully saturated rings. The molecule has 0 spiro atoms. The average Bonchev–Trinajstić information content (AvgIpc) is 2.27. The number of hydrogen-bond acceptors (Lipinski definition) is 4. The summed E-state index contributed by atoms with van der Waals surface area (Å²) in [5, 5.41) is 3.21. The molecule has 0 saturated carbocycles. The maximum absolute atomic E-state index is 11.8. The second kappa shape index (κ2) is 7.59. The van der Waals surface area contributed by atoms with Crippen molar-refractivity contribution in [2.75, 3.05) is 5.75 Å². The van der Waals surface area contributed by atoms with E-state index in [1.807, 2.05) is 0 Å². The normalized spacial score (nSPS) is 11.4. The van der Waals surface area contributed by atoms with E-state index in [1.54, 1.807) is 18.0 Å². The van der Waals surface area contributed by atoms with Gasteiger partial charge in [-0.15, -0.1) is 0 Å². The number of hydrogen-bond donors (Lipinski definition) is 2. The largest absolute Gasteiger partial charge is 0.310 e. The van der Waals surface area contributed by atoms with Crippen LogP contribution in [0.25, 0.3) is 0 Å². The van der Waals surface area contributed by atoms with Crippen LogP contribution in [-0.4, -0.2) is 21.8 Å². The fourth-order valence-corrected chi connectivity index (χ4v) is 2.29. The Labute approximate surface area is 113 Å². The number of rotatable bonds is 7. The standard InChI is InChI=1S/C13H23N3OS/c1-9(2)7-18-8-12-15-6-11(13(17)16-12)5-14-10(3)4/h6,9-10,14H,5,7-8H2,1-4H3,(H,15,16,17). The topological polar surface area (TPSA) is 57.8 Å². The molecule has 4 nitrogen and oxygen atoms in total. The molecule has 1 aromatic rings. The first-order valence-corrected chi connectivity index (χ1v) is 7.52. The van der Waals surface area contributed by atoms with E-state index in [1.165, 1.54) is 0 Å². The van der Waals surface area contributed by atoms with Crippen LogP contribution in [-0.2, 0) is 12.3 Å². The summed E-state index contributed by atoms with van der Waals surface area (Å²) >= 11 is 1.80. The molecule has 0 bridgehead atoms. The molecule has 0 radical (unpaired) electrons. The van der Waals surface area contributed by atoms with E-state index in [2.05, 4.69) is 43.0 Å². The minimum atomic E-state index is -0.0294. The fraction of sp³-hybridized carbons (Fsp3) is 0.692. The van der Waals surface area contributed by atoms with Gasteiger partial charge in [-0.3, -0.25) is 4.79 Å². The maximum atomic E-state index is 11.8. The lowest BCUT2D eigenvalue weighted by molar-refractivity contribution is 0.584. The summed E-state index contributed by atoms with van der Waals surface area (Å²) in [5.41, 5.74) is 0.666. The van der Waals surface area contributed by atoms with Gasteiger partial charge >= 0.3 is 0 Å². The lowest BCUT2D eigenvalue weighted by Gasteiger charge is -2.08. The highest BCUT2D eigenvalue weighted by Crippen LogP contribution is 2.11. The first-order chi connectivity index (χ1) is 8.49. The summed E-state index contributed by atoms with van der Waals surface area (Å²) in [6.45, 7) is 9.05. The van der Waals surface area contributed by atoms with Crippen LogP contribution < -0.4 is 10.9 Å². The molecule has 5 heteroatoms. The third-order valence-electron chi connectivity index (χ3n) is 2.32. The summed E-state index contributed by atoms with van der Waals surface area (Å²) in [6.07, 6.45) is 1.68. The van der Waals surface area contributed by atoms with Crippen LogP contribution in [0.5, 0.6) is 0 Å². The molecular formula is C13H23N3OS. The van der Waals surface area contributed by atoms with E-state index < -0.39 is 0 Å². The number of nitrogens with zero attached hydrogens (tertiary/aromatic N) is 1. The zero-order valence-corrected chi connectivity index (χ0v) is 12.4. The van der Waals surface area contributed by atoms with Crippen molar-refractivity contribution in [2.24, 2.45) is 5.92 Å². The lowest BCUT2D eigenvalue weighted by Crippen LogP contribution is -2.27. The molecule has 1 heterocycles. The number of aromatic nitrogens is 2. The first-order valence-electron chi connectivity index (χ1n) is 6.37. The molecule has 0 saturated heterocycles. The number of nitrogens with one attached hydrogen (secondary N) is 2. The SMILES string of the molecule is CC(C)CSCc1ncc(CNC(C)C)c(=O)[nH]1. The van der Waals surface area contributed by atoms with Gasteiger partial charge in [0.2, 0.25) is 0 Å². The van der Waals surface area contributed by atoms with Gasteiger partial charge in [0.15, 0.2) is 0 Å². The Hall–Kier alpha value is -0.810. The molecule has 1 rings (SSSR count). The third kappa shape index (κ3) is 5.69. The Bertz CT molecular complexity index is 415. The lowest BCUT2D eigenvalue weighted by atomic mass is 10.3. The molecule has 0 amide bonds. The number of aromatic amines is 1. The molecule has 18 heavy (non-hydrogen) atoms. The predicted molar refractivity (Wildman–Crippen MR) is 77.8 cm³/mol. The number of H-pyrrole nitrogens is 1. The van der Waals surface area contributed by atoms with Gasteiger partial charge in [0, 0.05) is 24.3 Å². The Balaban J connectivity index is 2.54. The highest BCUT2D eigenvalue weighted by Gasteiger charge is 2.04.